The van der Waals surface area contributed by atoms with Gasteiger partial charge in [0.15, 0.2) is 18.3 Å². The summed E-state index contributed by atoms with van der Waals surface area (Å²) in [4.78, 5) is 0. The Hall–Kier alpha value is -1.98. The highest BCUT2D eigenvalue weighted by atomic mass is 32.1. The first-order chi connectivity index (χ1) is 12.8. The first-order valence-corrected chi connectivity index (χ1v) is 8.37. The van der Waals surface area contributed by atoms with Crippen molar-refractivity contribution in [3.05, 3.63) is 18.2 Å². The van der Waals surface area contributed by atoms with Crippen molar-refractivity contribution in [3.8, 4) is 11.5 Å². The number of rotatable bonds is 9. The third kappa shape index (κ3) is 9.29. The number of ether oxygens (including phenoxy) is 2. The largest absolute Gasteiger partial charge is 0.487 e. The van der Waals surface area contributed by atoms with Gasteiger partial charge in [-0.15, -0.1) is 0 Å². The van der Waals surface area contributed by atoms with Crippen LogP contribution in [0.5, 0.6) is 11.5 Å². The van der Waals surface area contributed by atoms with Crippen LogP contribution < -0.4 is 20.1 Å². The molecule has 0 bridgehead atoms. The van der Waals surface area contributed by atoms with E-state index in [2.05, 4.69) is 20.1 Å². The molecular formula is C16H19F7N2O2S. The second-order valence-electron chi connectivity index (χ2n) is 6.18. The Morgan fingerprint density at radius 1 is 1.00 bits per heavy atom. The normalized spacial score (nSPS) is 12.2. The summed E-state index contributed by atoms with van der Waals surface area (Å²) in [5.41, 5.74) is 0.0660. The van der Waals surface area contributed by atoms with Crippen molar-refractivity contribution >= 4 is 23.0 Å². The van der Waals surface area contributed by atoms with Gasteiger partial charge in [0.05, 0.1) is 0 Å². The van der Waals surface area contributed by atoms with E-state index in [1.54, 1.807) is 0 Å². The predicted octanol–water partition coefficient (Wildman–Crippen LogP) is 4.85. The molecule has 28 heavy (non-hydrogen) atoms. The first kappa shape index (κ1) is 24.1. The molecule has 0 radical (unpaired) electrons. The van der Waals surface area contributed by atoms with Gasteiger partial charge in [0.1, 0.15) is 11.5 Å². The topological polar surface area (TPSA) is 42.5 Å². The van der Waals surface area contributed by atoms with E-state index in [1.807, 2.05) is 13.8 Å². The minimum Gasteiger partial charge on any atom is -0.487 e. The second kappa shape index (κ2) is 9.99. The molecule has 0 aliphatic carbocycles. The third-order valence-corrected chi connectivity index (χ3v) is 3.21. The lowest BCUT2D eigenvalue weighted by Gasteiger charge is -2.18. The molecule has 12 heteroatoms. The van der Waals surface area contributed by atoms with Gasteiger partial charge >= 0.3 is 18.5 Å². The number of hydrogen-bond acceptors (Lipinski definition) is 3. The molecule has 1 aromatic rings. The Bertz CT molecular complexity index is 654. The Morgan fingerprint density at radius 3 is 2.00 bits per heavy atom. The van der Waals surface area contributed by atoms with E-state index in [-0.39, 0.29) is 22.5 Å². The molecule has 0 aliphatic rings. The summed E-state index contributed by atoms with van der Waals surface area (Å²) in [6, 6.07) is 3.13. The molecule has 0 atom stereocenters. The highest BCUT2D eigenvalue weighted by Crippen LogP contribution is 2.30. The minimum atomic E-state index is -4.64. The first-order valence-electron chi connectivity index (χ1n) is 7.97. The average Bonchev–Trinajstić information content (AvgIpc) is 2.55. The molecule has 0 saturated heterocycles. The van der Waals surface area contributed by atoms with Gasteiger partial charge in [0.2, 0.25) is 0 Å². The lowest BCUT2D eigenvalue weighted by Crippen LogP contribution is -2.33. The molecule has 0 unspecified atom stereocenters. The lowest BCUT2D eigenvalue weighted by atomic mass is 10.2. The van der Waals surface area contributed by atoms with Crippen molar-refractivity contribution in [2.75, 3.05) is 25.1 Å². The van der Waals surface area contributed by atoms with Gasteiger partial charge in [0.25, 0.3) is 0 Å². The van der Waals surface area contributed by atoms with E-state index >= 15 is 0 Å². The molecule has 0 aliphatic heterocycles. The van der Waals surface area contributed by atoms with Gasteiger partial charge in [0, 0.05) is 30.4 Å². The summed E-state index contributed by atoms with van der Waals surface area (Å²) in [5.74, 6) is -4.94. The molecule has 160 valence electrons. The molecule has 0 heterocycles. The van der Waals surface area contributed by atoms with E-state index in [9.17, 15) is 30.7 Å². The lowest BCUT2D eigenvalue weighted by molar-refractivity contribution is -0.153. The molecule has 1 rings (SSSR count). The van der Waals surface area contributed by atoms with Crippen LogP contribution in [-0.4, -0.2) is 43.4 Å². The van der Waals surface area contributed by atoms with Crippen molar-refractivity contribution in [1.29, 1.82) is 0 Å². The SMILES string of the molecule is CC(C)CNC(=S)Nc1cc(OCC(F)(F)F)cc(OCC(F)(F)C(F)F)c1. The number of anilines is 1. The molecule has 0 aromatic heterocycles. The maximum Gasteiger partial charge on any atom is 0.422 e. The molecular weight excluding hydrogens is 417 g/mol. The molecule has 4 nitrogen and oxygen atoms in total. The maximum absolute atomic E-state index is 13.0. The van der Waals surface area contributed by atoms with Crippen molar-refractivity contribution in [2.24, 2.45) is 5.92 Å². The molecule has 1 aromatic carbocycles. The fourth-order valence-electron chi connectivity index (χ4n) is 1.69. The zero-order chi connectivity index (χ0) is 21.5. The monoisotopic (exact) mass is 436 g/mol. The Labute approximate surface area is 162 Å². The summed E-state index contributed by atoms with van der Waals surface area (Å²) in [6.07, 6.45) is -8.59. The number of halogens is 7. The van der Waals surface area contributed by atoms with Crippen LogP contribution in [-0.2, 0) is 0 Å². The zero-order valence-corrected chi connectivity index (χ0v) is 15.7. The number of alkyl halides is 7. The number of benzene rings is 1. The van der Waals surface area contributed by atoms with E-state index in [0.717, 1.165) is 18.2 Å². The van der Waals surface area contributed by atoms with Crippen molar-refractivity contribution < 1.29 is 40.2 Å². The van der Waals surface area contributed by atoms with Crippen LogP contribution >= 0.6 is 12.2 Å². The van der Waals surface area contributed by atoms with E-state index in [0.29, 0.717) is 6.54 Å². The van der Waals surface area contributed by atoms with Gasteiger partial charge in [-0.3, -0.25) is 0 Å². The molecule has 0 fully saturated rings. The van der Waals surface area contributed by atoms with Crippen LogP contribution in [0.25, 0.3) is 0 Å². The van der Waals surface area contributed by atoms with E-state index < -0.39 is 37.5 Å². The Kier molecular flexibility index (Phi) is 8.58. The fourth-order valence-corrected chi connectivity index (χ4v) is 1.89. The van der Waals surface area contributed by atoms with Crippen LogP contribution in [0.2, 0.25) is 0 Å². The summed E-state index contributed by atoms with van der Waals surface area (Å²) in [7, 11) is 0. The standard InChI is InChI=1S/C16H19F7N2O2S/c1-9(2)6-24-14(28)25-10-3-11(26-7-15(19,20)13(17)18)5-12(4-10)27-8-16(21,22)23/h3-5,9,13H,6-8H2,1-2H3,(H2,24,25,28). The smallest absolute Gasteiger partial charge is 0.422 e. The molecule has 2 N–H and O–H groups in total. The number of thiocarbonyl (C=S) groups is 1. The second-order valence-corrected chi connectivity index (χ2v) is 6.58. The molecule has 0 saturated carbocycles. The highest BCUT2D eigenvalue weighted by molar-refractivity contribution is 7.80. The zero-order valence-electron chi connectivity index (χ0n) is 14.9. The third-order valence-electron chi connectivity index (χ3n) is 2.96. The van der Waals surface area contributed by atoms with Crippen molar-refractivity contribution in [3.63, 3.8) is 0 Å². The van der Waals surface area contributed by atoms with Crippen LogP contribution in [0.15, 0.2) is 18.2 Å². The van der Waals surface area contributed by atoms with Crippen molar-refractivity contribution in [1.82, 2.24) is 5.32 Å². The molecule has 0 amide bonds. The summed E-state index contributed by atoms with van der Waals surface area (Å²) in [6.45, 7) is 1.02. The Morgan fingerprint density at radius 2 is 1.54 bits per heavy atom. The van der Waals surface area contributed by atoms with Crippen LogP contribution in [0, 0.1) is 5.92 Å². The van der Waals surface area contributed by atoms with Crippen LogP contribution in [0.4, 0.5) is 36.4 Å². The van der Waals surface area contributed by atoms with Gasteiger partial charge in [-0.05, 0) is 18.1 Å². The van der Waals surface area contributed by atoms with E-state index in [1.165, 1.54) is 0 Å². The van der Waals surface area contributed by atoms with E-state index in [4.69, 9.17) is 12.2 Å². The summed E-state index contributed by atoms with van der Waals surface area (Å²) < 4.78 is 96.7. The molecule has 0 spiro atoms. The van der Waals surface area contributed by atoms with Gasteiger partial charge in [-0.2, -0.15) is 22.0 Å². The van der Waals surface area contributed by atoms with Crippen LogP contribution in [0.3, 0.4) is 0 Å². The maximum atomic E-state index is 13.0. The van der Waals surface area contributed by atoms with Crippen molar-refractivity contribution in [2.45, 2.75) is 32.4 Å². The van der Waals surface area contributed by atoms with Gasteiger partial charge < -0.3 is 20.1 Å². The highest BCUT2D eigenvalue weighted by Gasteiger charge is 2.41. The number of nitrogens with one attached hydrogen (secondary N) is 2. The minimum absolute atomic E-state index is 0.0660. The quantitative estimate of drug-likeness (QED) is 0.428. The number of hydrogen-bond donors (Lipinski definition) is 2. The fraction of sp³-hybridized carbons (Fsp3) is 0.562. The predicted molar refractivity (Wildman–Crippen MR) is 93.5 cm³/mol. The average molecular weight is 436 g/mol. The summed E-state index contributed by atoms with van der Waals surface area (Å²) >= 11 is 5.02. The van der Waals surface area contributed by atoms with Gasteiger partial charge in [-0.1, -0.05) is 13.8 Å². The van der Waals surface area contributed by atoms with Crippen LogP contribution in [0.1, 0.15) is 13.8 Å². The summed E-state index contributed by atoms with van der Waals surface area (Å²) in [5, 5.41) is 5.59. The van der Waals surface area contributed by atoms with Gasteiger partial charge in [-0.25, -0.2) is 8.78 Å². The Balaban J connectivity index is 2.95.